The van der Waals surface area contributed by atoms with Gasteiger partial charge in [-0.25, -0.2) is 0 Å². The van der Waals surface area contributed by atoms with Crippen LogP contribution in [0.15, 0.2) is 48.5 Å². The van der Waals surface area contributed by atoms with Crippen LogP contribution < -0.4 is 0 Å². The lowest BCUT2D eigenvalue weighted by atomic mass is 9.90. The van der Waals surface area contributed by atoms with Crippen LogP contribution >= 0.6 is 0 Å². The maximum Gasteiger partial charge on any atom is 0.159 e. The van der Waals surface area contributed by atoms with E-state index in [0.29, 0.717) is 0 Å². The molecule has 0 aromatic heterocycles. The Morgan fingerprint density at radius 1 is 0.696 bits per heavy atom. The summed E-state index contributed by atoms with van der Waals surface area (Å²) in [5.41, 5.74) is 7.42. The van der Waals surface area contributed by atoms with Gasteiger partial charge in [0.15, 0.2) is 5.78 Å². The highest BCUT2D eigenvalue weighted by Gasteiger charge is 2.09. The van der Waals surface area contributed by atoms with Crippen molar-refractivity contribution in [3.05, 3.63) is 70.8 Å². The van der Waals surface area contributed by atoms with Crippen LogP contribution in [0, 0.1) is 0 Å². The minimum atomic E-state index is 0.115. The Hall–Kier alpha value is -2.15. The molecule has 0 radical (unpaired) electrons. The van der Waals surface area contributed by atoms with Crippen molar-refractivity contribution < 1.29 is 4.79 Å². The lowest BCUT2D eigenvalue weighted by Gasteiger charge is -2.15. The van der Waals surface area contributed by atoms with Crippen LogP contribution in [0.4, 0.5) is 0 Å². The number of allylic oxidation sites excluding steroid dienone is 2. The molecule has 0 aliphatic carbocycles. The Bertz CT molecular complexity index is 688. The number of hydrogen-bond donors (Lipinski definition) is 0. The molecule has 1 heteroatoms. The van der Waals surface area contributed by atoms with Crippen molar-refractivity contribution in [2.75, 3.05) is 0 Å². The van der Waals surface area contributed by atoms with Gasteiger partial charge in [-0.05, 0) is 54.0 Å². The Kier molecular flexibility index (Phi) is 5.92. The van der Waals surface area contributed by atoms with Crippen LogP contribution in [-0.2, 0) is 6.42 Å². The zero-order valence-electron chi connectivity index (χ0n) is 14.6. The Morgan fingerprint density at radius 2 is 1.09 bits per heavy atom. The number of rotatable bonds is 6. The van der Waals surface area contributed by atoms with Crippen LogP contribution in [0.3, 0.4) is 0 Å². The van der Waals surface area contributed by atoms with Crippen molar-refractivity contribution in [3.63, 3.8) is 0 Å². The van der Waals surface area contributed by atoms with Crippen molar-refractivity contribution >= 4 is 16.9 Å². The second kappa shape index (κ2) is 7.92. The molecule has 0 N–H and O–H groups in total. The quantitative estimate of drug-likeness (QED) is 0.460. The second-order valence-electron chi connectivity index (χ2n) is 5.85. The topological polar surface area (TPSA) is 17.1 Å². The fourth-order valence-corrected chi connectivity index (χ4v) is 3.03. The Morgan fingerprint density at radius 3 is 1.43 bits per heavy atom. The third-order valence-corrected chi connectivity index (χ3v) is 4.42. The predicted octanol–water partition coefficient (Wildman–Crippen LogP) is 6.18. The normalized spacial score (nSPS) is 12.0. The number of Topliss-reactive ketones (excluding diaryl/α,β-unsaturated/α-hetero) is 1. The molecule has 0 aliphatic heterocycles. The van der Waals surface area contributed by atoms with Gasteiger partial charge in [-0.2, -0.15) is 0 Å². The molecule has 2 rings (SSSR count). The van der Waals surface area contributed by atoms with E-state index in [9.17, 15) is 4.79 Å². The highest BCUT2D eigenvalue weighted by atomic mass is 16.1. The molecular weight excluding hydrogens is 280 g/mol. The second-order valence-corrected chi connectivity index (χ2v) is 5.85. The molecule has 0 aliphatic rings. The number of carbonyl (C=O) groups is 1. The maximum absolute atomic E-state index is 11.5. The number of ketones is 1. The summed E-state index contributed by atoms with van der Waals surface area (Å²) in [6.45, 7) is 8.20. The average Bonchev–Trinajstić information content (AvgIpc) is 2.60. The largest absolute Gasteiger partial charge is 0.295 e. The van der Waals surface area contributed by atoms with Crippen molar-refractivity contribution in [2.45, 2.75) is 47.0 Å². The minimum Gasteiger partial charge on any atom is -0.295 e. The van der Waals surface area contributed by atoms with Gasteiger partial charge in [0, 0.05) is 5.56 Å². The molecule has 1 nitrogen and oxygen atoms in total. The van der Waals surface area contributed by atoms with Crippen LogP contribution in [0.25, 0.3) is 11.1 Å². The SMILES string of the molecule is CCC(=C(CC)c1ccc(C(C)=O)cc1)c1ccc(CC)cc1. The fraction of sp³-hybridized carbons (Fsp3) is 0.318. The lowest BCUT2D eigenvalue weighted by Crippen LogP contribution is -1.95. The average molecular weight is 306 g/mol. The van der Waals surface area contributed by atoms with Crippen molar-refractivity contribution in [2.24, 2.45) is 0 Å². The molecule has 0 amide bonds. The first kappa shape index (κ1) is 17.2. The lowest BCUT2D eigenvalue weighted by molar-refractivity contribution is 0.101. The molecular formula is C22H26O. The van der Waals surface area contributed by atoms with Gasteiger partial charge >= 0.3 is 0 Å². The first-order valence-electron chi connectivity index (χ1n) is 8.53. The van der Waals surface area contributed by atoms with Gasteiger partial charge in [0.1, 0.15) is 0 Å². The number of benzene rings is 2. The summed E-state index contributed by atoms with van der Waals surface area (Å²) in [7, 11) is 0. The standard InChI is InChI=1S/C22H26O/c1-5-17-8-10-19(11-9-17)21(6-2)22(7-3)20-14-12-18(13-15-20)16(4)23/h8-15H,5-7H2,1-4H3. The fourth-order valence-electron chi connectivity index (χ4n) is 3.03. The van der Waals surface area contributed by atoms with E-state index in [0.717, 1.165) is 24.8 Å². The molecule has 2 aromatic carbocycles. The number of hydrogen-bond acceptors (Lipinski definition) is 1. The highest BCUT2D eigenvalue weighted by molar-refractivity contribution is 5.95. The summed E-state index contributed by atoms with van der Waals surface area (Å²) in [4.78, 5) is 11.5. The predicted molar refractivity (Wildman–Crippen MR) is 99.7 cm³/mol. The maximum atomic E-state index is 11.5. The van der Waals surface area contributed by atoms with Crippen LogP contribution in [0.2, 0.25) is 0 Å². The molecule has 0 fully saturated rings. The van der Waals surface area contributed by atoms with Crippen LogP contribution in [-0.4, -0.2) is 5.78 Å². The van der Waals surface area contributed by atoms with E-state index in [2.05, 4.69) is 57.2 Å². The molecule has 0 bridgehead atoms. The van der Waals surface area contributed by atoms with Gasteiger partial charge in [-0.3, -0.25) is 4.79 Å². The molecule has 120 valence electrons. The molecule has 0 spiro atoms. The summed E-state index contributed by atoms with van der Waals surface area (Å²) in [6.07, 6.45) is 3.06. The van der Waals surface area contributed by atoms with E-state index in [1.54, 1.807) is 6.92 Å². The molecule has 0 saturated carbocycles. The van der Waals surface area contributed by atoms with Crippen molar-refractivity contribution in [1.82, 2.24) is 0 Å². The first-order chi connectivity index (χ1) is 11.1. The first-order valence-corrected chi connectivity index (χ1v) is 8.53. The third kappa shape index (κ3) is 3.98. The van der Waals surface area contributed by atoms with E-state index < -0.39 is 0 Å². The molecule has 23 heavy (non-hydrogen) atoms. The van der Waals surface area contributed by atoms with E-state index in [1.165, 1.54) is 27.8 Å². The van der Waals surface area contributed by atoms with E-state index in [1.807, 2.05) is 12.1 Å². The summed E-state index contributed by atoms with van der Waals surface area (Å²) < 4.78 is 0. The summed E-state index contributed by atoms with van der Waals surface area (Å²) in [5.74, 6) is 0.115. The Labute approximate surface area is 140 Å². The van der Waals surface area contributed by atoms with E-state index in [4.69, 9.17) is 0 Å². The van der Waals surface area contributed by atoms with Crippen LogP contribution in [0.1, 0.15) is 67.6 Å². The molecule has 0 heterocycles. The minimum absolute atomic E-state index is 0.115. The zero-order valence-corrected chi connectivity index (χ0v) is 14.6. The summed E-state index contributed by atoms with van der Waals surface area (Å²) in [6, 6.07) is 16.9. The van der Waals surface area contributed by atoms with Gasteiger partial charge < -0.3 is 0 Å². The zero-order chi connectivity index (χ0) is 16.8. The molecule has 0 unspecified atom stereocenters. The van der Waals surface area contributed by atoms with Gasteiger partial charge in [-0.1, -0.05) is 69.3 Å². The molecule has 0 atom stereocenters. The van der Waals surface area contributed by atoms with E-state index in [-0.39, 0.29) is 5.78 Å². The number of aryl methyl sites for hydroxylation is 1. The van der Waals surface area contributed by atoms with Crippen molar-refractivity contribution in [1.29, 1.82) is 0 Å². The van der Waals surface area contributed by atoms with Crippen molar-refractivity contribution in [3.8, 4) is 0 Å². The molecule has 2 aromatic rings. The third-order valence-electron chi connectivity index (χ3n) is 4.42. The van der Waals surface area contributed by atoms with Crippen LogP contribution in [0.5, 0.6) is 0 Å². The van der Waals surface area contributed by atoms with E-state index >= 15 is 0 Å². The summed E-state index contributed by atoms with van der Waals surface area (Å²) in [5, 5.41) is 0. The van der Waals surface area contributed by atoms with Gasteiger partial charge in [0.05, 0.1) is 0 Å². The Balaban J connectivity index is 2.47. The smallest absolute Gasteiger partial charge is 0.159 e. The highest BCUT2D eigenvalue weighted by Crippen LogP contribution is 2.31. The van der Waals surface area contributed by atoms with Gasteiger partial charge in [0.2, 0.25) is 0 Å². The summed E-state index contributed by atoms with van der Waals surface area (Å²) >= 11 is 0. The number of carbonyl (C=O) groups excluding carboxylic acids is 1. The van der Waals surface area contributed by atoms with Gasteiger partial charge in [-0.15, -0.1) is 0 Å². The van der Waals surface area contributed by atoms with Gasteiger partial charge in [0.25, 0.3) is 0 Å². The monoisotopic (exact) mass is 306 g/mol. The molecule has 0 saturated heterocycles.